The summed E-state index contributed by atoms with van der Waals surface area (Å²) in [5.41, 5.74) is 10.1. The second-order valence-corrected chi connectivity index (χ2v) is 6.74. The second-order valence-electron chi connectivity index (χ2n) is 6.74. The lowest BCUT2D eigenvalue weighted by molar-refractivity contribution is -0.119. The van der Waals surface area contributed by atoms with Gasteiger partial charge in [-0.3, -0.25) is 14.5 Å². The van der Waals surface area contributed by atoms with Crippen molar-refractivity contribution in [3.05, 3.63) is 59.0 Å². The number of aromatic nitrogens is 3. The Morgan fingerprint density at radius 3 is 2.93 bits per heavy atom. The maximum Gasteiger partial charge on any atom is 0.259 e. The summed E-state index contributed by atoms with van der Waals surface area (Å²) >= 11 is 0. The van der Waals surface area contributed by atoms with E-state index in [0.717, 1.165) is 18.5 Å². The van der Waals surface area contributed by atoms with Crippen LogP contribution in [0.4, 0.5) is 5.69 Å². The fourth-order valence-electron chi connectivity index (χ4n) is 3.41. The number of amides is 2. The molecule has 0 radical (unpaired) electrons. The smallest absolute Gasteiger partial charge is 0.259 e. The number of hydrogen-bond acceptors (Lipinski definition) is 5. The van der Waals surface area contributed by atoms with Crippen molar-refractivity contribution in [2.75, 3.05) is 18.4 Å². The van der Waals surface area contributed by atoms with E-state index in [1.54, 1.807) is 29.9 Å². The Morgan fingerprint density at radius 2 is 2.11 bits per heavy atom. The fraction of sp³-hybridized carbons (Fsp3) is 0.263. The van der Waals surface area contributed by atoms with Crippen LogP contribution in [0, 0.1) is 6.92 Å². The van der Waals surface area contributed by atoms with E-state index in [1.165, 1.54) is 5.56 Å². The Bertz CT molecular complexity index is 1040. The zero-order valence-electron chi connectivity index (χ0n) is 15.0. The molecule has 27 heavy (non-hydrogen) atoms. The van der Waals surface area contributed by atoms with E-state index in [4.69, 9.17) is 5.73 Å². The van der Waals surface area contributed by atoms with Gasteiger partial charge >= 0.3 is 0 Å². The molecule has 3 aromatic rings. The van der Waals surface area contributed by atoms with Crippen molar-refractivity contribution in [2.24, 2.45) is 5.73 Å². The summed E-state index contributed by atoms with van der Waals surface area (Å²) in [7, 11) is 0. The molecule has 1 aliphatic rings. The first kappa shape index (κ1) is 17.2. The molecule has 3 N–H and O–H groups in total. The molecule has 8 heteroatoms. The maximum absolute atomic E-state index is 12.7. The zero-order valence-corrected chi connectivity index (χ0v) is 15.0. The lowest BCUT2D eigenvalue weighted by Crippen LogP contribution is -2.37. The number of nitrogens with two attached hydrogens (primary N) is 1. The summed E-state index contributed by atoms with van der Waals surface area (Å²) in [5.74, 6) is -0.568. The number of carbonyl (C=O) groups is 2. The fourth-order valence-corrected chi connectivity index (χ4v) is 3.41. The van der Waals surface area contributed by atoms with Gasteiger partial charge < -0.3 is 11.1 Å². The Hall–Kier alpha value is -3.26. The molecule has 4 rings (SSSR count). The van der Waals surface area contributed by atoms with Gasteiger partial charge in [-0.1, -0.05) is 6.07 Å². The number of primary amides is 1. The number of nitrogens with zero attached hydrogens (tertiary/aromatic N) is 4. The van der Waals surface area contributed by atoms with Gasteiger partial charge in [0, 0.05) is 31.0 Å². The third-order valence-electron chi connectivity index (χ3n) is 4.75. The Kier molecular flexibility index (Phi) is 4.33. The van der Waals surface area contributed by atoms with Crippen molar-refractivity contribution < 1.29 is 9.59 Å². The molecule has 0 saturated heterocycles. The first-order chi connectivity index (χ1) is 13.0. The van der Waals surface area contributed by atoms with Crippen LogP contribution < -0.4 is 11.1 Å². The third kappa shape index (κ3) is 3.52. The van der Waals surface area contributed by atoms with Gasteiger partial charge in [0.15, 0.2) is 5.65 Å². The number of anilines is 1. The minimum atomic E-state index is -0.333. The van der Waals surface area contributed by atoms with Crippen LogP contribution in [0.25, 0.3) is 5.65 Å². The van der Waals surface area contributed by atoms with Crippen LogP contribution in [0.3, 0.4) is 0 Å². The van der Waals surface area contributed by atoms with Crippen LogP contribution in [0.15, 0.2) is 36.7 Å². The summed E-state index contributed by atoms with van der Waals surface area (Å²) in [6.45, 7) is 3.49. The highest BCUT2D eigenvalue weighted by atomic mass is 16.2. The van der Waals surface area contributed by atoms with E-state index in [-0.39, 0.29) is 18.4 Å². The molecule has 0 fully saturated rings. The predicted octanol–water partition coefficient (Wildman–Crippen LogP) is 1.13. The molecule has 0 unspecified atom stereocenters. The largest absolute Gasteiger partial charge is 0.369 e. The molecule has 2 amide bonds. The van der Waals surface area contributed by atoms with Gasteiger partial charge in [-0.25, -0.2) is 9.50 Å². The molecular formula is C19H20N6O2. The SMILES string of the molecule is Cc1nc2ccnn2cc1C(=O)Nc1ccc2c(c1)CN(CC(N)=O)CC2. The molecule has 1 aromatic carbocycles. The number of benzene rings is 1. The van der Waals surface area contributed by atoms with E-state index in [9.17, 15) is 9.59 Å². The highest BCUT2D eigenvalue weighted by molar-refractivity contribution is 6.05. The van der Waals surface area contributed by atoms with Crippen LogP contribution >= 0.6 is 0 Å². The molecule has 3 heterocycles. The first-order valence-electron chi connectivity index (χ1n) is 8.74. The number of rotatable bonds is 4. The molecule has 0 bridgehead atoms. The minimum absolute atomic E-state index is 0.234. The number of carbonyl (C=O) groups excluding carboxylic acids is 2. The van der Waals surface area contributed by atoms with Gasteiger partial charge in [0.25, 0.3) is 5.91 Å². The molecule has 0 aliphatic carbocycles. The molecule has 0 saturated carbocycles. The predicted molar refractivity (Wildman–Crippen MR) is 100 cm³/mol. The van der Waals surface area contributed by atoms with Crippen LogP contribution in [0.2, 0.25) is 0 Å². The minimum Gasteiger partial charge on any atom is -0.369 e. The van der Waals surface area contributed by atoms with E-state index < -0.39 is 0 Å². The average molecular weight is 364 g/mol. The molecule has 0 spiro atoms. The van der Waals surface area contributed by atoms with Gasteiger partial charge in [-0.05, 0) is 36.6 Å². The standard InChI is InChI=1S/C19H20N6O2/c1-12-16(10-25-18(22-12)4-6-21-25)19(27)23-15-3-2-13-5-7-24(11-17(20)26)9-14(13)8-15/h2-4,6,8,10H,5,7,9,11H2,1H3,(H2,20,26)(H,23,27). The first-order valence-corrected chi connectivity index (χ1v) is 8.74. The van der Waals surface area contributed by atoms with Crippen molar-refractivity contribution in [3.63, 3.8) is 0 Å². The average Bonchev–Trinajstić information content (AvgIpc) is 3.07. The van der Waals surface area contributed by atoms with E-state index >= 15 is 0 Å². The van der Waals surface area contributed by atoms with Crippen LogP contribution in [0.1, 0.15) is 27.2 Å². The van der Waals surface area contributed by atoms with Crippen molar-refractivity contribution in [3.8, 4) is 0 Å². The molecule has 0 atom stereocenters. The third-order valence-corrected chi connectivity index (χ3v) is 4.75. The second kappa shape index (κ2) is 6.81. The topological polar surface area (TPSA) is 106 Å². The zero-order chi connectivity index (χ0) is 19.0. The number of nitrogens with one attached hydrogen (secondary N) is 1. The summed E-state index contributed by atoms with van der Waals surface area (Å²) in [4.78, 5) is 30.3. The van der Waals surface area contributed by atoms with Gasteiger partial charge in [0.1, 0.15) is 0 Å². The lowest BCUT2D eigenvalue weighted by Gasteiger charge is -2.28. The monoisotopic (exact) mass is 364 g/mol. The number of hydrogen-bond donors (Lipinski definition) is 2. The number of aryl methyl sites for hydroxylation is 1. The highest BCUT2D eigenvalue weighted by Crippen LogP contribution is 2.23. The van der Waals surface area contributed by atoms with E-state index in [2.05, 4.69) is 15.4 Å². The van der Waals surface area contributed by atoms with E-state index in [0.29, 0.717) is 29.1 Å². The Morgan fingerprint density at radius 1 is 1.26 bits per heavy atom. The van der Waals surface area contributed by atoms with Crippen LogP contribution in [-0.2, 0) is 17.8 Å². The number of fused-ring (bicyclic) bond motifs is 2. The highest BCUT2D eigenvalue weighted by Gasteiger charge is 2.19. The van der Waals surface area contributed by atoms with E-state index in [1.807, 2.05) is 23.1 Å². The van der Waals surface area contributed by atoms with Crippen molar-refractivity contribution >= 4 is 23.1 Å². The Labute approximate surface area is 156 Å². The molecule has 2 aromatic heterocycles. The molecular weight excluding hydrogens is 344 g/mol. The summed E-state index contributed by atoms with van der Waals surface area (Å²) in [5, 5.41) is 7.06. The van der Waals surface area contributed by atoms with Gasteiger partial charge in [0.05, 0.1) is 24.0 Å². The quantitative estimate of drug-likeness (QED) is 0.722. The molecule has 138 valence electrons. The van der Waals surface area contributed by atoms with Gasteiger partial charge in [-0.15, -0.1) is 0 Å². The molecule has 1 aliphatic heterocycles. The van der Waals surface area contributed by atoms with Crippen molar-refractivity contribution in [1.29, 1.82) is 0 Å². The summed E-state index contributed by atoms with van der Waals surface area (Å²) in [6, 6.07) is 7.66. The lowest BCUT2D eigenvalue weighted by atomic mass is 9.99. The molecule has 8 nitrogen and oxygen atoms in total. The van der Waals surface area contributed by atoms with Gasteiger partial charge in [0.2, 0.25) is 5.91 Å². The van der Waals surface area contributed by atoms with Crippen LogP contribution in [0.5, 0.6) is 0 Å². The Balaban J connectivity index is 1.55. The normalized spacial score (nSPS) is 14.1. The summed E-state index contributed by atoms with van der Waals surface area (Å²) in [6.07, 6.45) is 4.18. The van der Waals surface area contributed by atoms with Crippen molar-refractivity contribution in [1.82, 2.24) is 19.5 Å². The maximum atomic E-state index is 12.7. The van der Waals surface area contributed by atoms with Crippen LogP contribution in [-0.4, -0.2) is 44.4 Å². The summed E-state index contributed by atoms with van der Waals surface area (Å²) < 4.78 is 1.58. The van der Waals surface area contributed by atoms with Gasteiger partial charge in [-0.2, -0.15) is 5.10 Å². The van der Waals surface area contributed by atoms with Crippen molar-refractivity contribution in [2.45, 2.75) is 19.9 Å².